The van der Waals surface area contributed by atoms with E-state index < -0.39 is 17.3 Å². The number of amides is 1. The maximum Gasteiger partial charge on any atom is 0.418 e. The van der Waals surface area contributed by atoms with Gasteiger partial charge in [-0.3, -0.25) is 9.88 Å². The van der Waals surface area contributed by atoms with Crippen molar-refractivity contribution in [3.05, 3.63) is 53.2 Å². The molecule has 0 atom stereocenters. The lowest BCUT2D eigenvalue weighted by atomic mass is 9.86. The Bertz CT molecular complexity index is 1410. The molecule has 0 aliphatic carbocycles. The Hall–Kier alpha value is -2.58. The zero-order valence-electron chi connectivity index (χ0n) is 26.9. The molecule has 0 bridgehead atoms. The van der Waals surface area contributed by atoms with Crippen LogP contribution in [0.1, 0.15) is 99.8 Å². The molecule has 0 unspecified atom stereocenters. The summed E-state index contributed by atoms with van der Waals surface area (Å²) in [5.41, 5.74) is 3.71. The van der Waals surface area contributed by atoms with Gasteiger partial charge in [-0.15, -0.1) is 25.3 Å². The molecule has 1 amide bonds. The topological polar surface area (TPSA) is 69.6 Å². The van der Waals surface area contributed by atoms with Gasteiger partial charge in [-0.2, -0.15) is 0 Å². The Kier molecular flexibility index (Phi) is 10.4. The van der Waals surface area contributed by atoms with Crippen molar-refractivity contribution in [2.45, 2.75) is 122 Å². The molecule has 0 radical (unpaired) electrons. The quantitative estimate of drug-likeness (QED) is 0.243. The third kappa shape index (κ3) is 10.0. The first kappa shape index (κ1) is 34.6. The number of carbonyl (C=O) groups is 2. The molecule has 3 aromatic rings. The molecule has 0 aliphatic rings. The molecule has 6 nitrogen and oxygen atoms in total. The van der Waals surface area contributed by atoms with Crippen LogP contribution in [-0.4, -0.2) is 28.0 Å². The predicted molar refractivity (Wildman–Crippen MR) is 177 cm³/mol. The number of benzene rings is 2. The van der Waals surface area contributed by atoms with Gasteiger partial charge in [0.1, 0.15) is 11.2 Å². The van der Waals surface area contributed by atoms with Crippen molar-refractivity contribution < 1.29 is 19.1 Å². The Morgan fingerprint density at radius 3 is 1.71 bits per heavy atom. The summed E-state index contributed by atoms with van der Waals surface area (Å²) in [6.07, 6.45) is 0.954. The van der Waals surface area contributed by atoms with E-state index in [-0.39, 0.29) is 16.9 Å². The maximum absolute atomic E-state index is 12.3. The fraction of sp³-hybridized carbons (Fsp3) is 0.515. The number of ether oxygens (including phenoxy) is 2. The van der Waals surface area contributed by atoms with Crippen LogP contribution in [0.3, 0.4) is 0 Å². The Morgan fingerprint density at radius 2 is 1.22 bits per heavy atom. The van der Waals surface area contributed by atoms with E-state index in [0.29, 0.717) is 0 Å². The normalized spacial score (nSPS) is 12.5. The van der Waals surface area contributed by atoms with Gasteiger partial charge < -0.3 is 9.47 Å². The van der Waals surface area contributed by atoms with Crippen LogP contribution >= 0.6 is 25.3 Å². The highest BCUT2D eigenvalue weighted by molar-refractivity contribution is 7.80. The predicted octanol–water partition coefficient (Wildman–Crippen LogP) is 9.94. The fourth-order valence-electron chi connectivity index (χ4n) is 4.08. The van der Waals surface area contributed by atoms with Crippen LogP contribution in [0.25, 0.3) is 10.9 Å². The molecule has 0 saturated carbocycles. The summed E-state index contributed by atoms with van der Waals surface area (Å²) in [6, 6.07) is 9.88. The SMILES string of the molecule is CC(C)(C)OC(=O)n1ccc2cc(S)c(C(C)(C)C)cc21.Cc1cc(S)c(C(C)(C)C)cc1NC(=O)OC(C)(C)C. The zero-order valence-corrected chi connectivity index (χ0v) is 28.7. The molecule has 0 aliphatic heterocycles. The molecule has 3 rings (SSSR count). The minimum absolute atomic E-state index is 0.0326. The van der Waals surface area contributed by atoms with Gasteiger partial charge in [-0.1, -0.05) is 41.5 Å². The molecule has 1 aromatic heterocycles. The van der Waals surface area contributed by atoms with Crippen LogP contribution in [0, 0.1) is 6.92 Å². The molecule has 226 valence electrons. The Balaban J connectivity index is 0.000000287. The van der Waals surface area contributed by atoms with Gasteiger partial charge in [-0.25, -0.2) is 9.59 Å². The summed E-state index contributed by atoms with van der Waals surface area (Å²) in [7, 11) is 0. The first-order chi connectivity index (χ1) is 18.4. The summed E-state index contributed by atoms with van der Waals surface area (Å²) in [4.78, 5) is 26.1. The number of nitrogens with zero attached hydrogens (tertiary/aromatic N) is 1. The smallest absolute Gasteiger partial charge is 0.418 e. The molecule has 1 N–H and O–H groups in total. The first-order valence-corrected chi connectivity index (χ1v) is 14.7. The number of nitrogens with one attached hydrogen (secondary N) is 1. The summed E-state index contributed by atoms with van der Waals surface area (Å²) in [5, 5.41) is 3.80. The number of anilines is 1. The van der Waals surface area contributed by atoms with Crippen molar-refractivity contribution >= 4 is 54.0 Å². The van der Waals surface area contributed by atoms with Crippen LogP contribution < -0.4 is 5.32 Å². The van der Waals surface area contributed by atoms with E-state index in [2.05, 4.69) is 72.1 Å². The van der Waals surface area contributed by atoms with E-state index in [4.69, 9.17) is 9.47 Å². The minimum atomic E-state index is -0.510. The highest BCUT2D eigenvalue weighted by Crippen LogP contribution is 2.34. The van der Waals surface area contributed by atoms with E-state index in [1.807, 2.05) is 78.8 Å². The number of fused-ring (bicyclic) bond motifs is 1. The molecule has 1 heterocycles. The molecule has 0 spiro atoms. The number of thiol groups is 2. The van der Waals surface area contributed by atoms with Gasteiger partial charge in [0.15, 0.2) is 0 Å². The van der Waals surface area contributed by atoms with Crippen molar-refractivity contribution in [2.24, 2.45) is 0 Å². The van der Waals surface area contributed by atoms with Gasteiger partial charge in [0.25, 0.3) is 0 Å². The number of hydrogen-bond acceptors (Lipinski definition) is 6. The molecular formula is C33H48N2O4S2. The first-order valence-electron chi connectivity index (χ1n) is 13.8. The number of rotatable bonds is 1. The second-order valence-electron chi connectivity index (χ2n) is 14.4. The third-order valence-electron chi connectivity index (χ3n) is 5.99. The van der Waals surface area contributed by atoms with Crippen molar-refractivity contribution in [3.63, 3.8) is 0 Å². The van der Waals surface area contributed by atoms with Crippen molar-refractivity contribution in [2.75, 3.05) is 5.32 Å². The molecule has 0 saturated heterocycles. The van der Waals surface area contributed by atoms with Crippen molar-refractivity contribution in [3.8, 4) is 0 Å². The fourth-order valence-corrected chi connectivity index (χ4v) is 5.22. The largest absolute Gasteiger partial charge is 0.444 e. The second kappa shape index (κ2) is 12.3. The number of carbonyl (C=O) groups excluding carboxylic acids is 2. The molecule has 8 heteroatoms. The zero-order chi connectivity index (χ0) is 31.7. The summed E-state index contributed by atoms with van der Waals surface area (Å²) in [5.74, 6) is 0. The van der Waals surface area contributed by atoms with Gasteiger partial charge in [0.05, 0.1) is 5.52 Å². The lowest BCUT2D eigenvalue weighted by Crippen LogP contribution is -2.27. The highest BCUT2D eigenvalue weighted by Gasteiger charge is 2.23. The highest BCUT2D eigenvalue weighted by atomic mass is 32.1. The van der Waals surface area contributed by atoms with E-state index in [9.17, 15) is 9.59 Å². The van der Waals surface area contributed by atoms with E-state index in [1.165, 1.54) is 0 Å². The monoisotopic (exact) mass is 600 g/mol. The van der Waals surface area contributed by atoms with Crippen LogP contribution in [0.15, 0.2) is 46.3 Å². The summed E-state index contributed by atoms with van der Waals surface area (Å²) >= 11 is 9.10. The lowest BCUT2D eigenvalue weighted by molar-refractivity contribution is 0.0543. The minimum Gasteiger partial charge on any atom is -0.444 e. The van der Waals surface area contributed by atoms with Crippen molar-refractivity contribution in [1.29, 1.82) is 0 Å². The molecule has 2 aromatic carbocycles. The van der Waals surface area contributed by atoms with Crippen LogP contribution in [0.5, 0.6) is 0 Å². The van der Waals surface area contributed by atoms with Gasteiger partial charge in [-0.05, 0) is 106 Å². The maximum atomic E-state index is 12.3. The van der Waals surface area contributed by atoms with E-state index >= 15 is 0 Å². The van der Waals surface area contributed by atoms with E-state index in [1.54, 1.807) is 10.8 Å². The van der Waals surface area contributed by atoms with E-state index in [0.717, 1.165) is 43.1 Å². The summed E-state index contributed by atoms with van der Waals surface area (Å²) in [6.45, 7) is 25.8. The van der Waals surface area contributed by atoms with Crippen LogP contribution in [0.4, 0.5) is 15.3 Å². The van der Waals surface area contributed by atoms with Gasteiger partial charge in [0.2, 0.25) is 0 Å². The van der Waals surface area contributed by atoms with Crippen LogP contribution in [-0.2, 0) is 20.3 Å². The van der Waals surface area contributed by atoms with Gasteiger partial charge in [0, 0.05) is 27.1 Å². The number of aryl methyl sites for hydroxylation is 1. The average molecular weight is 601 g/mol. The molecular weight excluding hydrogens is 553 g/mol. The second-order valence-corrected chi connectivity index (χ2v) is 15.4. The number of aromatic nitrogens is 1. The third-order valence-corrected chi connectivity index (χ3v) is 6.73. The molecule has 0 fully saturated rings. The van der Waals surface area contributed by atoms with Crippen molar-refractivity contribution in [1.82, 2.24) is 4.57 Å². The Morgan fingerprint density at radius 1 is 0.732 bits per heavy atom. The summed E-state index contributed by atoms with van der Waals surface area (Å²) < 4.78 is 12.3. The average Bonchev–Trinajstić information content (AvgIpc) is 3.14. The standard InChI is InChI=1S/C17H23NO2S.C16H25NO2S/c1-16(2,3)12-10-13-11(9-14(12)21)7-8-18(13)15(19)20-17(4,5)6;1-10-8-13(20)11(15(2,3)4)9-12(10)17-14(18)19-16(5,6)7/h7-10,21H,1-6H3;8-9,20H,1-7H3,(H,17,18). The Labute approximate surface area is 257 Å². The van der Waals surface area contributed by atoms with Gasteiger partial charge >= 0.3 is 12.2 Å². The van der Waals surface area contributed by atoms with Crippen LogP contribution in [0.2, 0.25) is 0 Å². The number of hydrogen-bond donors (Lipinski definition) is 3. The lowest BCUT2D eigenvalue weighted by Gasteiger charge is -2.24. The molecule has 41 heavy (non-hydrogen) atoms.